The fourth-order valence-corrected chi connectivity index (χ4v) is 5.44. The van der Waals surface area contributed by atoms with Gasteiger partial charge >= 0.3 is 12.1 Å². The van der Waals surface area contributed by atoms with Gasteiger partial charge in [-0.15, -0.1) is 11.3 Å². The zero-order chi connectivity index (χ0) is 24.8. The molecule has 9 heteroatoms. The molecule has 34 heavy (non-hydrogen) atoms. The van der Waals surface area contributed by atoms with E-state index < -0.39 is 5.97 Å². The standard InChI is InChI=1S/C25H33ClN2O5S/c1-5-6-10-32-25(31)28(4)14-18-13-21(26)34-23(18)20-11-15(2)22(16(3)27-20)33-19-9-7-8-17(12-19)24(29)30/h11,13,17,19H,5-10,12,14H2,1-4H3,(H,29,30)/t17-,19-/m0/s1. The summed E-state index contributed by atoms with van der Waals surface area (Å²) >= 11 is 7.77. The topological polar surface area (TPSA) is 89.0 Å². The molecule has 7 nitrogen and oxygen atoms in total. The Labute approximate surface area is 210 Å². The first kappa shape index (κ1) is 26.3. The van der Waals surface area contributed by atoms with Gasteiger partial charge in [-0.05, 0) is 69.2 Å². The molecule has 1 amide bonds. The summed E-state index contributed by atoms with van der Waals surface area (Å²) in [5.74, 6) is -0.398. The SMILES string of the molecule is CCCCOC(=O)N(C)Cc1cc(Cl)sc1-c1cc(C)c(O[C@H]2CCC[C@H](C(=O)O)C2)c(C)n1. The number of pyridine rings is 1. The molecule has 0 aliphatic heterocycles. The van der Waals surface area contributed by atoms with Crippen LogP contribution in [-0.4, -0.2) is 46.8 Å². The monoisotopic (exact) mass is 508 g/mol. The molecule has 0 spiro atoms. The first-order valence-electron chi connectivity index (χ1n) is 11.7. The zero-order valence-corrected chi connectivity index (χ0v) is 21.8. The first-order valence-corrected chi connectivity index (χ1v) is 12.9. The maximum absolute atomic E-state index is 12.3. The van der Waals surface area contributed by atoms with Crippen molar-refractivity contribution < 1.29 is 24.2 Å². The molecule has 0 aromatic carbocycles. The van der Waals surface area contributed by atoms with Crippen molar-refractivity contribution in [2.24, 2.45) is 5.92 Å². The minimum absolute atomic E-state index is 0.126. The molecule has 186 valence electrons. The van der Waals surface area contributed by atoms with Gasteiger partial charge in [-0.2, -0.15) is 0 Å². The smallest absolute Gasteiger partial charge is 0.409 e. The van der Waals surface area contributed by atoms with Gasteiger partial charge in [-0.1, -0.05) is 24.9 Å². The van der Waals surface area contributed by atoms with Crippen molar-refractivity contribution in [3.05, 3.63) is 33.3 Å². The van der Waals surface area contributed by atoms with Crippen LogP contribution in [0.4, 0.5) is 4.79 Å². The fraction of sp³-hybridized carbons (Fsp3) is 0.560. The number of carboxylic acid groups (broad SMARTS) is 1. The van der Waals surface area contributed by atoms with Crippen molar-refractivity contribution in [2.45, 2.75) is 71.9 Å². The second-order valence-corrected chi connectivity index (χ2v) is 10.6. The van der Waals surface area contributed by atoms with E-state index in [4.69, 9.17) is 26.1 Å². The lowest BCUT2D eigenvalue weighted by Gasteiger charge is -2.28. The van der Waals surface area contributed by atoms with E-state index in [9.17, 15) is 14.7 Å². The summed E-state index contributed by atoms with van der Waals surface area (Å²) in [5.41, 5.74) is 3.36. The van der Waals surface area contributed by atoms with E-state index in [1.165, 1.54) is 16.2 Å². The molecule has 1 aliphatic rings. The van der Waals surface area contributed by atoms with Gasteiger partial charge in [0.25, 0.3) is 0 Å². The molecule has 2 atom stereocenters. The molecule has 1 fully saturated rings. The Morgan fingerprint density at radius 3 is 2.74 bits per heavy atom. The van der Waals surface area contributed by atoms with Crippen molar-refractivity contribution in [2.75, 3.05) is 13.7 Å². The van der Waals surface area contributed by atoms with Gasteiger partial charge in [0.1, 0.15) is 5.75 Å². The summed E-state index contributed by atoms with van der Waals surface area (Å²) in [7, 11) is 1.71. The van der Waals surface area contributed by atoms with Crippen LogP contribution < -0.4 is 4.74 Å². The van der Waals surface area contributed by atoms with Crippen LogP contribution in [-0.2, 0) is 16.1 Å². The molecule has 2 aromatic rings. The average Bonchev–Trinajstić information content (AvgIpc) is 3.16. The number of carboxylic acids is 1. The van der Waals surface area contributed by atoms with E-state index in [1.807, 2.05) is 32.9 Å². The fourth-order valence-electron chi connectivity index (χ4n) is 4.22. The zero-order valence-electron chi connectivity index (χ0n) is 20.2. The lowest BCUT2D eigenvalue weighted by atomic mass is 9.87. The molecule has 0 unspecified atom stereocenters. The molecule has 2 aromatic heterocycles. The van der Waals surface area contributed by atoms with Crippen LogP contribution in [0, 0.1) is 19.8 Å². The minimum Gasteiger partial charge on any atom is -0.488 e. The molecule has 0 radical (unpaired) electrons. The second kappa shape index (κ2) is 11.9. The van der Waals surface area contributed by atoms with E-state index >= 15 is 0 Å². The molecule has 0 bridgehead atoms. The largest absolute Gasteiger partial charge is 0.488 e. The predicted octanol–water partition coefficient (Wildman–Crippen LogP) is 6.47. The molecular formula is C25H33ClN2O5S. The summed E-state index contributed by atoms with van der Waals surface area (Å²) in [4.78, 5) is 30.9. The van der Waals surface area contributed by atoms with E-state index in [0.717, 1.165) is 53.1 Å². The van der Waals surface area contributed by atoms with Gasteiger partial charge in [-0.25, -0.2) is 9.78 Å². The number of carbonyl (C=O) groups is 2. The number of amides is 1. The van der Waals surface area contributed by atoms with Gasteiger partial charge < -0.3 is 19.5 Å². The number of ether oxygens (including phenoxy) is 2. The summed E-state index contributed by atoms with van der Waals surface area (Å²) in [6.07, 6.45) is 4.22. The number of aromatic nitrogens is 1. The van der Waals surface area contributed by atoms with Crippen LogP contribution in [0.3, 0.4) is 0 Å². The van der Waals surface area contributed by atoms with Crippen molar-refractivity contribution in [1.82, 2.24) is 9.88 Å². The van der Waals surface area contributed by atoms with Crippen LogP contribution in [0.2, 0.25) is 4.34 Å². The van der Waals surface area contributed by atoms with Crippen molar-refractivity contribution in [1.29, 1.82) is 0 Å². The van der Waals surface area contributed by atoms with Gasteiger partial charge in [0.2, 0.25) is 0 Å². The molecule has 2 heterocycles. The number of nitrogens with zero attached hydrogens (tertiary/aromatic N) is 2. The highest BCUT2D eigenvalue weighted by molar-refractivity contribution is 7.19. The molecule has 3 rings (SSSR count). The summed E-state index contributed by atoms with van der Waals surface area (Å²) in [5, 5.41) is 9.36. The van der Waals surface area contributed by atoms with Crippen LogP contribution in [0.15, 0.2) is 12.1 Å². The Balaban J connectivity index is 1.77. The molecule has 1 aliphatic carbocycles. The summed E-state index contributed by atoms with van der Waals surface area (Å²) in [6.45, 7) is 6.69. The lowest BCUT2D eigenvalue weighted by molar-refractivity contribution is -0.143. The summed E-state index contributed by atoms with van der Waals surface area (Å²) < 4.78 is 12.2. The number of halogens is 1. The third kappa shape index (κ3) is 6.63. The van der Waals surface area contributed by atoms with E-state index in [0.29, 0.717) is 36.1 Å². The van der Waals surface area contributed by atoms with Crippen LogP contribution in [0.5, 0.6) is 5.75 Å². The number of hydrogen-bond donors (Lipinski definition) is 1. The molecule has 1 saturated carbocycles. The Hall–Kier alpha value is -2.32. The molecule has 1 N–H and O–H groups in total. The number of hydrogen-bond acceptors (Lipinski definition) is 6. The average molecular weight is 509 g/mol. The van der Waals surface area contributed by atoms with Crippen LogP contribution in [0.25, 0.3) is 10.6 Å². The number of thiophene rings is 1. The number of aliphatic carboxylic acids is 1. The van der Waals surface area contributed by atoms with E-state index in [2.05, 4.69) is 0 Å². The maximum Gasteiger partial charge on any atom is 0.409 e. The quantitative estimate of drug-likeness (QED) is 0.390. The van der Waals surface area contributed by atoms with Gasteiger partial charge in [0, 0.05) is 7.05 Å². The van der Waals surface area contributed by atoms with Crippen LogP contribution >= 0.6 is 22.9 Å². The van der Waals surface area contributed by atoms with Gasteiger partial charge in [0.05, 0.1) is 45.8 Å². The lowest BCUT2D eigenvalue weighted by Crippen LogP contribution is -2.30. The highest BCUT2D eigenvalue weighted by Crippen LogP contribution is 2.38. The Morgan fingerprint density at radius 1 is 1.29 bits per heavy atom. The number of rotatable bonds is 9. The van der Waals surface area contributed by atoms with E-state index in [-0.39, 0.29) is 18.1 Å². The first-order chi connectivity index (χ1) is 16.2. The Kier molecular flexibility index (Phi) is 9.19. The van der Waals surface area contributed by atoms with Gasteiger partial charge in [-0.3, -0.25) is 4.79 Å². The second-order valence-electron chi connectivity index (χ2n) is 8.91. The predicted molar refractivity (Wildman–Crippen MR) is 134 cm³/mol. The van der Waals surface area contributed by atoms with Crippen molar-refractivity contribution in [3.8, 4) is 16.3 Å². The van der Waals surface area contributed by atoms with Gasteiger partial charge in [0.15, 0.2) is 0 Å². The number of unbranched alkanes of at least 4 members (excludes halogenated alkanes) is 1. The van der Waals surface area contributed by atoms with Crippen molar-refractivity contribution >= 4 is 35.0 Å². The highest BCUT2D eigenvalue weighted by atomic mass is 35.5. The third-order valence-electron chi connectivity index (χ3n) is 6.04. The number of carbonyl (C=O) groups excluding carboxylic acids is 1. The van der Waals surface area contributed by atoms with Crippen LogP contribution in [0.1, 0.15) is 62.3 Å². The highest BCUT2D eigenvalue weighted by Gasteiger charge is 2.29. The van der Waals surface area contributed by atoms with E-state index in [1.54, 1.807) is 7.05 Å². The normalized spacial score (nSPS) is 17.9. The Morgan fingerprint density at radius 2 is 2.06 bits per heavy atom. The number of aryl methyl sites for hydroxylation is 2. The summed E-state index contributed by atoms with van der Waals surface area (Å²) in [6, 6.07) is 3.83. The molecule has 0 saturated heterocycles. The third-order valence-corrected chi connectivity index (χ3v) is 7.37. The Bertz CT molecular complexity index is 1000. The van der Waals surface area contributed by atoms with Crippen molar-refractivity contribution in [3.63, 3.8) is 0 Å². The maximum atomic E-state index is 12.3. The minimum atomic E-state index is -0.753. The molecular weight excluding hydrogens is 476 g/mol.